The van der Waals surface area contributed by atoms with E-state index in [1.54, 1.807) is 10.9 Å². The highest BCUT2D eigenvalue weighted by Crippen LogP contribution is 2.24. The van der Waals surface area contributed by atoms with Crippen molar-refractivity contribution in [3.8, 4) is 22.4 Å². The second-order valence-electron chi connectivity index (χ2n) is 4.27. The molecule has 19 heavy (non-hydrogen) atoms. The molecule has 0 saturated heterocycles. The Morgan fingerprint density at radius 1 is 1.16 bits per heavy atom. The zero-order valence-electron chi connectivity index (χ0n) is 10.3. The van der Waals surface area contributed by atoms with Crippen molar-refractivity contribution in [2.75, 3.05) is 6.61 Å². The Labute approximate surface area is 110 Å². The van der Waals surface area contributed by atoms with E-state index in [1.807, 2.05) is 36.7 Å². The molecule has 0 spiro atoms. The second-order valence-corrected chi connectivity index (χ2v) is 4.27. The highest BCUT2D eigenvalue weighted by atomic mass is 16.3. The second kappa shape index (κ2) is 5.07. The first-order valence-electron chi connectivity index (χ1n) is 6.10. The van der Waals surface area contributed by atoms with Gasteiger partial charge in [-0.25, -0.2) is 0 Å². The van der Waals surface area contributed by atoms with Gasteiger partial charge < -0.3 is 5.11 Å². The summed E-state index contributed by atoms with van der Waals surface area (Å²) in [6.45, 7) is 0.607. The molecule has 96 valence electrons. The maximum atomic E-state index is 8.90. The van der Waals surface area contributed by atoms with E-state index in [0.717, 1.165) is 22.4 Å². The van der Waals surface area contributed by atoms with Crippen molar-refractivity contribution in [2.24, 2.45) is 0 Å². The van der Waals surface area contributed by atoms with E-state index in [-0.39, 0.29) is 6.61 Å². The molecular weight excluding hydrogens is 240 g/mol. The molecular formula is C14H14N4O. The summed E-state index contributed by atoms with van der Waals surface area (Å²) in [6.07, 6.45) is 5.48. The summed E-state index contributed by atoms with van der Waals surface area (Å²) in [4.78, 5) is 0. The number of H-pyrrole nitrogens is 1. The van der Waals surface area contributed by atoms with Crippen molar-refractivity contribution in [1.29, 1.82) is 0 Å². The van der Waals surface area contributed by atoms with Crippen molar-refractivity contribution in [3.05, 3.63) is 48.9 Å². The van der Waals surface area contributed by atoms with Gasteiger partial charge in [-0.15, -0.1) is 0 Å². The Balaban J connectivity index is 1.94. The average Bonchev–Trinajstić information content (AvgIpc) is 3.11. The fourth-order valence-corrected chi connectivity index (χ4v) is 2.02. The first-order valence-corrected chi connectivity index (χ1v) is 6.10. The zero-order valence-corrected chi connectivity index (χ0v) is 10.3. The monoisotopic (exact) mass is 254 g/mol. The van der Waals surface area contributed by atoms with Gasteiger partial charge in [-0.05, 0) is 17.7 Å². The summed E-state index contributed by atoms with van der Waals surface area (Å²) in [6, 6.07) is 10.1. The Bertz CT molecular complexity index is 658. The predicted molar refractivity (Wildman–Crippen MR) is 72.3 cm³/mol. The Morgan fingerprint density at radius 2 is 2.05 bits per heavy atom. The van der Waals surface area contributed by atoms with Crippen molar-refractivity contribution in [2.45, 2.75) is 6.54 Å². The van der Waals surface area contributed by atoms with Gasteiger partial charge in [0.15, 0.2) is 0 Å². The number of benzene rings is 1. The van der Waals surface area contributed by atoms with Crippen LogP contribution in [-0.4, -0.2) is 31.7 Å². The Kier molecular flexibility index (Phi) is 3.12. The molecule has 0 aliphatic heterocycles. The number of aliphatic hydroxyl groups is 1. The number of aromatic nitrogens is 4. The fourth-order valence-electron chi connectivity index (χ4n) is 2.02. The van der Waals surface area contributed by atoms with Crippen LogP contribution < -0.4 is 0 Å². The SMILES string of the molecule is OCCn1cc(-c2cccc(-c3ccn[nH]3)c2)cn1. The van der Waals surface area contributed by atoms with Crippen molar-refractivity contribution in [1.82, 2.24) is 20.0 Å². The molecule has 2 aromatic heterocycles. The number of hydrogen-bond acceptors (Lipinski definition) is 3. The topological polar surface area (TPSA) is 66.7 Å². The lowest BCUT2D eigenvalue weighted by molar-refractivity contribution is 0.269. The van der Waals surface area contributed by atoms with Gasteiger partial charge in [0.2, 0.25) is 0 Å². The molecule has 0 aliphatic rings. The summed E-state index contributed by atoms with van der Waals surface area (Å²) in [7, 11) is 0. The van der Waals surface area contributed by atoms with E-state index in [4.69, 9.17) is 5.11 Å². The van der Waals surface area contributed by atoms with Gasteiger partial charge in [0.25, 0.3) is 0 Å². The van der Waals surface area contributed by atoms with E-state index in [2.05, 4.69) is 21.4 Å². The van der Waals surface area contributed by atoms with E-state index < -0.39 is 0 Å². The van der Waals surface area contributed by atoms with E-state index in [1.165, 1.54) is 0 Å². The fraction of sp³-hybridized carbons (Fsp3) is 0.143. The third kappa shape index (κ3) is 2.41. The molecule has 0 aliphatic carbocycles. The van der Waals surface area contributed by atoms with Crippen LogP contribution in [-0.2, 0) is 6.54 Å². The summed E-state index contributed by atoms with van der Waals surface area (Å²) in [5, 5.41) is 20.0. The molecule has 5 nitrogen and oxygen atoms in total. The molecule has 3 rings (SSSR count). The van der Waals surface area contributed by atoms with Crippen molar-refractivity contribution >= 4 is 0 Å². The van der Waals surface area contributed by atoms with Crippen LogP contribution in [0.25, 0.3) is 22.4 Å². The molecule has 5 heteroatoms. The lowest BCUT2D eigenvalue weighted by Crippen LogP contribution is -2.01. The van der Waals surface area contributed by atoms with Crippen LogP contribution in [0.15, 0.2) is 48.9 Å². The predicted octanol–water partition coefficient (Wildman–Crippen LogP) is 1.93. The van der Waals surface area contributed by atoms with Gasteiger partial charge >= 0.3 is 0 Å². The minimum Gasteiger partial charge on any atom is -0.394 e. The van der Waals surface area contributed by atoms with Crippen molar-refractivity contribution in [3.63, 3.8) is 0 Å². The molecule has 0 fully saturated rings. The van der Waals surface area contributed by atoms with E-state index in [9.17, 15) is 0 Å². The third-order valence-electron chi connectivity index (χ3n) is 2.97. The quantitative estimate of drug-likeness (QED) is 0.747. The van der Waals surface area contributed by atoms with Gasteiger partial charge in [-0.3, -0.25) is 9.78 Å². The zero-order chi connectivity index (χ0) is 13.1. The average molecular weight is 254 g/mol. The van der Waals surface area contributed by atoms with Gasteiger partial charge in [0.1, 0.15) is 0 Å². The van der Waals surface area contributed by atoms with Crippen LogP contribution in [0.3, 0.4) is 0 Å². The smallest absolute Gasteiger partial charge is 0.0650 e. The molecule has 2 N–H and O–H groups in total. The minimum absolute atomic E-state index is 0.0926. The Hall–Kier alpha value is -2.40. The van der Waals surface area contributed by atoms with Gasteiger partial charge in [-0.1, -0.05) is 18.2 Å². The summed E-state index contributed by atoms with van der Waals surface area (Å²) >= 11 is 0. The molecule has 0 amide bonds. The number of aromatic amines is 1. The number of nitrogens with one attached hydrogen (secondary N) is 1. The van der Waals surface area contributed by atoms with Crippen LogP contribution in [0.5, 0.6) is 0 Å². The van der Waals surface area contributed by atoms with Gasteiger partial charge in [-0.2, -0.15) is 10.2 Å². The molecule has 3 aromatic rings. The molecule has 0 bridgehead atoms. The minimum atomic E-state index is 0.0926. The maximum absolute atomic E-state index is 8.90. The molecule has 0 atom stereocenters. The lowest BCUT2D eigenvalue weighted by Gasteiger charge is -2.01. The molecule has 1 aromatic carbocycles. The third-order valence-corrected chi connectivity index (χ3v) is 2.97. The first kappa shape index (κ1) is 11.7. The molecule has 0 saturated carbocycles. The summed E-state index contributed by atoms with van der Waals surface area (Å²) < 4.78 is 1.73. The molecule has 0 unspecified atom stereocenters. The highest BCUT2D eigenvalue weighted by Gasteiger charge is 2.04. The van der Waals surface area contributed by atoms with Crippen LogP contribution in [0.2, 0.25) is 0 Å². The molecule has 2 heterocycles. The summed E-state index contributed by atoms with van der Waals surface area (Å²) in [5.41, 5.74) is 4.21. The largest absolute Gasteiger partial charge is 0.394 e. The highest BCUT2D eigenvalue weighted by molar-refractivity contribution is 5.70. The van der Waals surface area contributed by atoms with Crippen LogP contribution in [0, 0.1) is 0 Å². The van der Waals surface area contributed by atoms with Crippen LogP contribution in [0.4, 0.5) is 0 Å². The normalized spacial score (nSPS) is 10.8. The van der Waals surface area contributed by atoms with Crippen LogP contribution in [0.1, 0.15) is 0 Å². The maximum Gasteiger partial charge on any atom is 0.0650 e. The van der Waals surface area contributed by atoms with Gasteiger partial charge in [0.05, 0.1) is 25.0 Å². The number of aliphatic hydroxyl groups excluding tert-OH is 1. The van der Waals surface area contributed by atoms with Gasteiger partial charge in [0, 0.05) is 23.5 Å². The van der Waals surface area contributed by atoms with Crippen LogP contribution >= 0.6 is 0 Å². The standard InChI is InChI=1S/C14H14N4O/c19-7-6-18-10-13(9-16-18)11-2-1-3-12(8-11)14-4-5-15-17-14/h1-5,8-10,19H,6-7H2,(H,15,17). The van der Waals surface area contributed by atoms with Crippen molar-refractivity contribution < 1.29 is 5.11 Å². The van der Waals surface area contributed by atoms with E-state index in [0.29, 0.717) is 6.54 Å². The Morgan fingerprint density at radius 3 is 2.84 bits per heavy atom. The lowest BCUT2D eigenvalue weighted by atomic mass is 10.0. The molecule has 0 radical (unpaired) electrons. The number of nitrogens with zero attached hydrogens (tertiary/aromatic N) is 3. The first-order chi connectivity index (χ1) is 9.36. The summed E-state index contributed by atoms with van der Waals surface area (Å²) in [5.74, 6) is 0. The van der Waals surface area contributed by atoms with E-state index >= 15 is 0 Å². The number of hydrogen-bond donors (Lipinski definition) is 2. The number of rotatable bonds is 4.